The summed E-state index contributed by atoms with van der Waals surface area (Å²) in [5, 5.41) is 2.49. The van der Waals surface area contributed by atoms with E-state index in [4.69, 9.17) is 0 Å². The Kier molecular flexibility index (Phi) is 6.92. The maximum absolute atomic E-state index is 2.32. The van der Waals surface area contributed by atoms with Crippen LogP contribution in [0.4, 0.5) is 17.1 Å². The van der Waals surface area contributed by atoms with Gasteiger partial charge < -0.3 is 4.90 Å². The predicted octanol–water partition coefficient (Wildman–Crippen LogP) is 10.3. The van der Waals surface area contributed by atoms with Crippen molar-refractivity contribution in [1.82, 2.24) is 0 Å². The highest BCUT2D eigenvalue weighted by Gasteiger charge is 2.13. The molecule has 0 saturated carbocycles. The summed E-state index contributed by atoms with van der Waals surface area (Å²) in [4.78, 5) is 4.89. The smallest absolute Gasteiger partial charge is 0.0468 e. The molecule has 0 bridgehead atoms. The van der Waals surface area contributed by atoms with Crippen LogP contribution in [0.1, 0.15) is 34.2 Å². The van der Waals surface area contributed by atoms with Gasteiger partial charge in [0.05, 0.1) is 0 Å². The molecule has 4 aromatic carbocycles. The molecule has 5 aromatic rings. The normalized spacial score (nSPS) is 11.6. The lowest BCUT2D eigenvalue weighted by molar-refractivity contribution is 1.23. The first kappa shape index (κ1) is 22.9. The van der Waals surface area contributed by atoms with Crippen LogP contribution in [0.15, 0.2) is 109 Å². The van der Waals surface area contributed by atoms with Crippen LogP contribution in [0.5, 0.6) is 0 Å². The van der Waals surface area contributed by atoms with E-state index in [9.17, 15) is 0 Å². The van der Waals surface area contributed by atoms with Crippen LogP contribution >= 0.6 is 11.3 Å². The maximum Gasteiger partial charge on any atom is 0.0468 e. The van der Waals surface area contributed by atoms with Crippen LogP contribution in [-0.2, 0) is 0 Å². The number of thiophene rings is 1. The molecule has 0 unspecified atom stereocenters. The van der Waals surface area contributed by atoms with Gasteiger partial charge in [-0.1, -0.05) is 79.2 Å². The molecule has 0 amide bonds. The summed E-state index contributed by atoms with van der Waals surface area (Å²) in [5.41, 5.74) is 5.90. The number of allylic oxidation sites excluding steroid dienone is 1. The Hall–Kier alpha value is -3.88. The van der Waals surface area contributed by atoms with E-state index in [-0.39, 0.29) is 0 Å². The second-order valence-electron chi connectivity index (χ2n) is 8.68. The molecular weight excluding hydrogens is 442 g/mol. The van der Waals surface area contributed by atoms with Gasteiger partial charge in [0.1, 0.15) is 0 Å². The fourth-order valence-electron chi connectivity index (χ4n) is 4.15. The van der Waals surface area contributed by atoms with E-state index in [0.717, 1.165) is 23.5 Å². The first-order valence-electron chi connectivity index (χ1n) is 12.1. The molecule has 0 atom stereocenters. The molecule has 0 radical (unpaired) electrons. The van der Waals surface area contributed by atoms with Crippen LogP contribution in [-0.4, -0.2) is 0 Å². The second kappa shape index (κ2) is 10.6. The average Bonchev–Trinajstić information content (AvgIpc) is 3.36. The highest BCUT2D eigenvalue weighted by atomic mass is 32.1. The Morgan fingerprint density at radius 3 is 1.97 bits per heavy atom. The summed E-state index contributed by atoms with van der Waals surface area (Å²) >= 11 is 1.81. The van der Waals surface area contributed by atoms with E-state index in [1.165, 1.54) is 31.7 Å². The van der Waals surface area contributed by atoms with Crippen LogP contribution in [0, 0.1) is 6.92 Å². The van der Waals surface area contributed by atoms with Gasteiger partial charge in [0.15, 0.2) is 0 Å². The maximum atomic E-state index is 2.32. The first-order valence-corrected chi connectivity index (χ1v) is 12.9. The van der Waals surface area contributed by atoms with Crippen molar-refractivity contribution in [3.8, 4) is 0 Å². The lowest BCUT2D eigenvalue weighted by Crippen LogP contribution is -2.09. The van der Waals surface area contributed by atoms with E-state index in [1.54, 1.807) is 0 Å². The van der Waals surface area contributed by atoms with Crippen LogP contribution in [0.25, 0.3) is 29.0 Å². The highest BCUT2D eigenvalue weighted by Crippen LogP contribution is 2.36. The third-order valence-corrected chi connectivity index (χ3v) is 7.06. The van der Waals surface area contributed by atoms with Crippen LogP contribution < -0.4 is 4.90 Å². The van der Waals surface area contributed by atoms with E-state index < -0.39 is 0 Å². The molecule has 1 nitrogen and oxygen atoms in total. The number of benzene rings is 4. The topological polar surface area (TPSA) is 3.24 Å². The average molecular weight is 472 g/mol. The van der Waals surface area contributed by atoms with Crippen molar-refractivity contribution in [3.05, 3.63) is 130 Å². The zero-order valence-corrected chi connectivity index (χ0v) is 21.0. The molecule has 5 rings (SSSR count). The van der Waals surface area contributed by atoms with Gasteiger partial charge in [-0.2, -0.15) is 0 Å². The minimum atomic E-state index is 1.06. The van der Waals surface area contributed by atoms with Gasteiger partial charge in [-0.3, -0.25) is 0 Å². The fraction of sp³-hybridized carbons (Fsp3) is 0.0909. The Labute approximate surface area is 212 Å². The van der Waals surface area contributed by atoms with E-state index in [0.29, 0.717) is 0 Å². The summed E-state index contributed by atoms with van der Waals surface area (Å²) in [7, 11) is 0. The van der Waals surface area contributed by atoms with Crippen LogP contribution in [0.2, 0.25) is 0 Å². The molecule has 0 saturated heterocycles. The number of hydrogen-bond acceptors (Lipinski definition) is 2. The molecule has 0 aliphatic carbocycles. The van der Waals surface area contributed by atoms with Crippen molar-refractivity contribution in [2.75, 3.05) is 4.90 Å². The number of aryl methyl sites for hydroxylation is 1. The molecule has 172 valence electrons. The summed E-state index contributed by atoms with van der Waals surface area (Å²) < 4.78 is 0. The van der Waals surface area contributed by atoms with Crippen LogP contribution in [0.3, 0.4) is 0 Å². The first-order chi connectivity index (χ1) is 17.2. The Morgan fingerprint density at radius 1 is 0.629 bits per heavy atom. The van der Waals surface area contributed by atoms with Crippen molar-refractivity contribution in [3.63, 3.8) is 0 Å². The molecule has 1 heterocycles. The monoisotopic (exact) mass is 471 g/mol. The molecule has 0 fully saturated rings. The molecule has 35 heavy (non-hydrogen) atoms. The molecule has 0 aliphatic heterocycles. The van der Waals surface area contributed by atoms with Gasteiger partial charge in [-0.25, -0.2) is 0 Å². The fourth-order valence-corrected chi connectivity index (χ4v) is 5.00. The zero-order valence-electron chi connectivity index (χ0n) is 20.2. The largest absolute Gasteiger partial charge is 0.310 e. The molecule has 0 N–H and O–H groups in total. The standard InChI is InChI=1S/C33H29NS/c1-3-4-9-32-22-23-33(35-32)21-14-26-12-18-30(19-13-26)34(29-16-10-25(2)11-17-29)31-20-15-27-7-5-6-8-28(27)24-31/h4-24H,3H2,1-2H3/b9-4-,21-14-. The lowest BCUT2D eigenvalue weighted by Gasteiger charge is -2.26. The summed E-state index contributed by atoms with van der Waals surface area (Å²) in [6.45, 7) is 4.29. The number of rotatable bonds is 7. The van der Waals surface area contributed by atoms with Gasteiger partial charge >= 0.3 is 0 Å². The van der Waals surface area contributed by atoms with Crippen molar-refractivity contribution < 1.29 is 0 Å². The summed E-state index contributed by atoms with van der Waals surface area (Å²) in [6, 6.07) is 37.1. The van der Waals surface area contributed by atoms with Gasteiger partial charge in [0.25, 0.3) is 0 Å². The highest BCUT2D eigenvalue weighted by molar-refractivity contribution is 7.13. The molecule has 0 aliphatic rings. The summed E-state index contributed by atoms with van der Waals surface area (Å²) in [5.74, 6) is 0. The molecule has 1 aromatic heterocycles. The quantitative estimate of drug-likeness (QED) is 0.228. The minimum Gasteiger partial charge on any atom is -0.310 e. The second-order valence-corrected chi connectivity index (χ2v) is 9.82. The number of hydrogen-bond donors (Lipinski definition) is 0. The van der Waals surface area contributed by atoms with Crippen molar-refractivity contribution in [2.24, 2.45) is 0 Å². The Bertz CT molecular complexity index is 1470. The third kappa shape index (κ3) is 5.45. The molecule has 0 spiro atoms. The van der Waals surface area contributed by atoms with E-state index in [1.807, 2.05) is 11.3 Å². The lowest BCUT2D eigenvalue weighted by atomic mass is 10.1. The Morgan fingerprint density at radius 2 is 1.26 bits per heavy atom. The van der Waals surface area contributed by atoms with Crippen molar-refractivity contribution in [2.45, 2.75) is 20.3 Å². The zero-order chi connectivity index (χ0) is 24.0. The number of fused-ring (bicyclic) bond motifs is 1. The molecular formula is C33H29NS. The third-order valence-electron chi connectivity index (χ3n) is 6.04. The van der Waals surface area contributed by atoms with Crippen molar-refractivity contribution in [1.29, 1.82) is 0 Å². The van der Waals surface area contributed by atoms with Gasteiger partial charge in [-0.15, -0.1) is 11.3 Å². The Balaban J connectivity index is 1.45. The van der Waals surface area contributed by atoms with E-state index in [2.05, 4.69) is 146 Å². The number of nitrogens with zero attached hydrogens (tertiary/aromatic N) is 1. The van der Waals surface area contributed by atoms with Gasteiger partial charge in [0.2, 0.25) is 0 Å². The van der Waals surface area contributed by atoms with Gasteiger partial charge in [-0.05, 0) is 90.4 Å². The predicted molar refractivity (Wildman–Crippen MR) is 156 cm³/mol. The number of anilines is 3. The molecule has 2 heteroatoms. The van der Waals surface area contributed by atoms with E-state index >= 15 is 0 Å². The minimum absolute atomic E-state index is 1.06. The SMILES string of the molecule is CC/C=C\c1ccc(/C=C\c2ccc(N(c3ccc(C)cc3)c3ccc4ccccc4c3)cc2)s1. The van der Waals surface area contributed by atoms with Gasteiger partial charge in [0, 0.05) is 26.8 Å². The van der Waals surface area contributed by atoms with Crippen molar-refractivity contribution >= 4 is 57.4 Å². The summed E-state index contributed by atoms with van der Waals surface area (Å²) in [6.07, 6.45) is 9.85.